The molecule has 16 heavy (non-hydrogen) atoms. The van der Waals surface area contributed by atoms with Gasteiger partial charge in [-0.15, -0.1) is 11.6 Å². The minimum Gasteiger partial charge on any atom is -0.322 e. The van der Waals surface area contributed by atoms with Crippen molar-refractivity contribution in [3.05, 3.63) is 71.8 Å². The summed E-state index contributed by atoms with van der Waals surface area (Å²) >= 11 is 6.37. The van der Waals surface area contributed by atoms with E-state index in [1.807, 2.05) is 60.7 Å². The minimum atomic E-state index is -0.191. The molecule has 0 radical (unpaired) electrons. The summed E-state index contributed by atoms with van der Waals surface area (Å²) in [6.45, 7) is 0. The SMILES string of the molecule is N[C@@H](c1ccccc1)[C@@H](Cl)c1ccccc1. The van der Waals surface area contributed by atoms with Gasteiger partial charge in [-0.2, -0.15) is 0 Å². The molecule has 0 aliphatic rings. The first kappa shape index (κ1) is 11.2. The number of hydrogen-bond donors (Lipinski definition) is 1. The maximum atomic E-state index is 6.37. The Hall–Kier alpha value is -1.31. The molecule has 0 unspecified atom stereocenters. The zero-order valence-corrected chi connectivity index (χ0v) is 9.64. The third-order valence-electron chi connectivity index (χ3n) is 2.62. The van der Waals surface area contributed by atoms with Gasteiger partial charge >= 0.3 is 0 Å². The Balaban J connectivity index is 2.20. The second kappa shape index (κ2) is 5.15. The van der Waals surface area contributed by atoms with Crippen molar-refractivity contribution in [3.63, 3.8) is 0 Å². The van der Waals surface area contributed by atoms with Gasteiger partial charge in [0.05, 0.1) is 11.4 Å². The fourth-order valence-electron chi connectivity index (χ4n) is 1.69. The standard InChI is InChI=1S/C14H14ClN/c15-13(11-7-3-1-4-8-11)14(16)12-9-5-2-6-10-12/h1-10,13-14H,16H2/t13-,14-/m0/s1. The van der Waals surface area contributed by atoms with Gasteiger partial charge in [0.15, 0.2) is 0 Å². The lowest BCUT2D eigenvalue weighted by Gasteiger charge is -2.18. The molecule has 0 aliphatic heterocycles. The van der Waals surface area contributed by atoms with Crippen molar-refractivity contribution in [2.24, 2.45) is 5.73 Å². The van der Waals surface area contributed by atoms with Crippen molar-refractivity contribution in [2.45, 2.75) is 11.4 Å². The summed E-state index contributed by atoms with van der Waals surface area (Å²) < 4.78 is 0. The Morgan fingerprint density at radius 3 is 1.69 bits per heavy atom. The summed E-state index contributed by atoms with van der Waals surface area (Å²) in [6.07, 6.45) is 0. The molecular weight excluding hydrogens is 218 g/mol. The van der Waals surface area contributed by atoms with Crippen LogP contribution in [0.4, 0.5) is 0 Å². The maximum Gasteiger partial charge on any atom is 0.0778 e. The van der Waals surface area contributed by atoms with Gasteiger partial charge in [0.2, 0.25) is 0 Å². The molecule has 0 fully saturated rings. The molecule has 2 atom stereocenters. The first-order chi connectivity index (χ1) is 7.79. The molecule has 1 nitrogen and oxygen atoms in total. The molecule has 0 spiro atoms. The summed E-state index contributed by atoms with van der Waals surface area (Å²) in [7, 11) is 0. The molecule has 2 N–H and O–H groups in total. The fourth-order valence-corrected chi connectivity index (χ4v) is 1.98. The van der Waals surface area contributed by atoms with Gasteiger partial charge < -0.3 is 5.73 Å². The molecule has 0 heterocycles. The second-order valence-corrected chi connectivity index (χ2v) is 4.22. The van der Waals surface area contributed by atoms with Crippen molar-refractivity contribution in [1.82, 2.24) is 0 Å². The van der Waals surface area contributed by atoms with Crippen LogP contribution in [0, 0.1) is 0 Å². The topological polar surface area (TPSA) is 26.0 Å². The predicted molar refractivity (Wildman–Crippen MR) is 68.4 cm³/mol. The van der Waals surface area contributed by atoms with Gasteiger partial charge in [0.1, 0.15) is 0 Å². The number of hydrogen-bond acceptors (Lipinski definition) is 1. The molecule has 0 bridgehead atoms. The third kappa shape index (κ3) is 2.43. The van der Waals surface area contributed by atoms with Gasteiger partial charge in [-0.05, 0) is 11.1 Å². The zero-order valence-electron chi connectivity index (χ0n) is 8.88. The van der Waals surface area contributed by atoms with Gasteiger partial charge in [-0.25, -0.2) is 0 Å². The molecule has 0 saturated heterocycles. The second-order valence-electron chi connectivity index (χ2n) is 3.75. The van der Waals surface area contributed by atoms with Gasteiger partial charge in [0.25, 0.3) is 0 Å². The Bertz CT molecular complexity index is 384. The van der Waals surface area contributed by atoms with E-state index in [9.17, 15) is 0 Å². The van der Waals surface area contributed by atoms with Crippen LogP contribution >= 0.6 is 11.6 Å². The van der Waals surface area contributed by atoms with Crippen LogP contribution in [-0.2, 0) is 0 Å². The number of halogens is 1. The first-order valence-corrected chi connectivity index (χ1v) is 5.72. The molecule has 2 rings (SSSR count). The van der Waals surface area contributed by atoms with Crippen molar-refractivity contribution < 1.29 is 0 Å². The van der Waals surface area contributed by atoms with Crippen molar-refractivity contribution in [1.29, 1.82) is 0 Å². The highest BCUT2D eigenvalue weighted by Gasteiger charge is 2.18. The monoisotopic (exact) mass is 231 g/mol. The van der Waals surface area contributed by atoms with Crippen LogP contribution in [0.25, 0.3) is 0 Å². The van der Waals surface area contributed by atoms with E-state index < -0.39 is 0 Å². The van der Waals surface area contributed by atoms with Crippen molar-refractivity contribution in [3.8, 4) is 0 Å². The smallest absolute Gasteiger partial charge is 0.0778 e. The number of nitrogens with two attached hydrogens (primary N) is 1. The van der Waals surface area contributed by atoms with Gasteiger partial charge in [-0.1, -0.05) is 60.7 Å². The van der Waals surface area contributed by atoms with Crippen LogP contribution < -0.4 is 5.73 Å². The summed E-state index contributed by atoms with van der Waals surface area (Å²) in [5, 5.41) is -0.191. The lowest BCUT2D eigenvalue weighted by molar-refractivity contribution is 0.697. The summed E-state index contributed by atoms with van der Waals surface area (Å²) in [6, 6.07) is 19.7. The fraction of sp³-hybridized carbons (Fsp3) is 0.143. The van der Waals surface area contributed by atoms with Crippen LogP contribution in [0.3, 0.4) is 0 Å². The van der Waals surface area contributed by atoms with Crippen LogP contribution in [0.1, 0.15) is 22.5 Å². The van der Waals surface area contributed by atoms with E-state index in [0.717, 1.165) is 11.1 Å². The predicted octanol–water partition coefficient (Wildman–Crippen LogP) is 3.67. The Kier molecular flexibility index (Phi) is 3.60. The average Bonchev–Trinajstić information content (AvgIpc) is 2.39. The number of alkyl halides is 1. The van der Waals surface area contributed by atoms with Crippen LogP contribution in [-0.4, -0.2) is 0 Å². The number of rotatable bonds is 3. The highest BCUT2D eigenvalue weighted by atomic mass is 35.5. The molecular formula is C14H14ClN. The Labute approximate surface area is 101 Å². The quantitative estimate of drug-likeness (QED) is 0.802. The molecule has 0 aliphatic carbocycles. The Morgan fingerprint density at radius 2 is 1.19 bits per heavy atom. The molecule has 0 amide bonds. The van der Waals surface area contributed by atoms with Crippen LogP contribution in [0.15, 0.2) is 60.7 Å². The van der Waals surface area contributed by atoms with E-state index in [1.54, 1.807) is 0 Å². The Morgan fingerprint density at radius 1 is 0.750 bits per heavy atom. The molecule has 0 saturated carbocycles. The van der Waals surface area contributed by atoms with Crippen LogP contribution in [0.2, 0.25) is 0 Å². The van der Waals surface area contributed by atoms with E-state index in [-0.39, 0.29) is 11.4 Å². The van der Waals surface area contributed by atoms with Crippen molar-refractivity contribution >= 4 is 11.6 Å². The first-order valence-electron chi connectivity index (χ1n) is 5.28. The maximum absolute atomic E-state index is 6.37. The molecule has 82 valence electrons. The van der Waals surface area contributed by atoms with E-state index in [2.05, 4.69) is 0 Å². The highest BCUT2D eigenvalue weighted by Crippen LogP contribution is 2.32. The van der Waals surface area contributed by atoms with E-state index >= 15 is 0 Å². The molecule has 2 aromatic carbocycles. The lowest BCUT2D eigenvalue weighted by Crippen LogP contribution is -2.15. The lowest BCUT2D eigenvalue weighted by atomic mass is 9.99. The van der Waals surface area contributed by atoms with E-state index in [4.69, 9.17) is 17.3 Å². The van der Waals surface area contributed by atoms with Gasteiger partial charge in [-0.3, -0.25) is 0 Å². The van der Waals surface area contributed by atoms with Crippen molar-refractivity contribution in [2.75, 3.05) is 0 Å². The molecule has 2 heteroatoms. The van der Waals surface area contributed by atoms with E-state index in [0.29, 0.717) is 0 Å². The minimum absolute atomic E-state index is 0.176. The summed E-state index contributed by atoms with van der Waals surface area (Å²) in [5.41, 5.74) is 8.26. The summed E-state index contributed by atoms with van der Waals surface area (Å²) in [4.78, 5) is 0. The molecule has 2 aromatic rings. The normalized spacial score (nSPS) is 14.4. The van der Waals surface area contributed by atoms with Gasteiger partial charge in [0, 0.05) is 0 Å². The average molecular weight is 232 g/mol. The number of benzene rings is 2. The third-order valence-corrected chi connectivity index (χ3v) is 3.14. The molecule has 0 aromatic heterocycles. The zero-order chi connectivity index (χ0) is 11.4. The largest absolute Gasteiger partial charge is 0.322 e. The summed E-state index contributed by atoms with van der Waals surface area (Å²) in [5.74, 6) is 0. The van der Waals surface area contributed by atoms with E-state index in [1.165, 1.54) is 0 Å². The van der Waals surface area contributed by atoms with Crippen LogP contribution in [0.5, 0.6) is 0 Å². The highest BCUT2D eigenvalue weighted by molar-refractivity contribution is 6.21.